The number of hydrogen-bond acceptors (Lipinski definition) is 5. The third-order valence-corrected chi connectivity index (χ3v) is 2.29. The zero-order valence-corrected chi connectivity index (χ0v) is 10.9. The highest BCUT2D eigenvalue weighted by Gasteiger charge is 2.26. The molecule has 0 aromatic heterocycles. The Bertz CT molecular complexity index is 534. The van der Waals surface area contributed by atoms with Crippen molar-refractivity contribution in [2.24, 2.45) is 0 Å². The predicted octanol–water partition coefficient (Wildman–Crippen LogP) is 1.69. The van der Waals surface area contributed by atoms with Crippen molar-refractivity contribution >= 4 is 17.3 Å². The van der Waals surface area contributed by atoms with E-state index in [0.717, 1.165) is 6.07 Å². The summed E-state index contributed by atoms with van der Waals surface area (Å²) in [6.45, 7) is -1.95. The first-order valence-electron chi connectivity index (χ1n) is 5.62. The Morgan fingerprint density at radius 2 is 2.10 bits per heavy atom. The first-order chi connectivity index (χ1) is 9.73. The molecule has 0 aliphatic heterocycles. The van der Waals surface area contributed by atoms with Crippen LogP contribution in [0.1, 0.15) is 0 Å². The highest BCUT2D eigenvalue weighted by Crippen LogP contribution is 2.28. The van der Waals surface area contributed by atoms with Gasteiger partial charge in [-0.3, -0.25) is 14.9 Å². The molecule has 2 N–H and O–H groups in total. The molecular weight excluding hydrogens is 295 g/mol. The van der Waals surface area contributed by atoms with E-state index < -0.39 is 35.8 Å². The summed E-state index contributed by atoms with van der Waals surface area (Å²) >= 11 is 0. The second kappa shape index (κ2) is 6.88. The van der Waals surface area contributed by atoms with E-state index in [4.69, 9.17) is 4.74 Å². The fourth-order valence-electron chi connectivity index (χ4n) is 1.41. The number of ether oxygens (including phenoxy) is 1. The van der Waals surface area contributed by atoms with E-state index in [0.29, 0.717) is 0 Å². The van der Waals surface area contributed by atoms with Crippen LogP contribution in [0.2, 0.25) is 0 Å². The van der Waals surface area contributed by atoms with Crippen LogP contribution >= 0.6 is 0 Å². The van der Waals surface area contributed by atoms with Crippen LogP contribution in [0.15, 0.2) is 18.2 Å². The van der Waals surface area contributed by atoms with Gasteiger partial charge in [0.15, 0.2) is 0 Å². The Morgan fingerprint density at radius 3 is 2.62 bits per heavy atom. The molecule has 0 fully saturated rings. The van der Waals surface area contributed by atoms with E-state index in [1.54, 1.807) is 0 Å². The minimum absolute atomic E-state index is 0.125. The molecule has 0 heterocycles. The van der Waals surface area contributed by atoms with E-state index in [2.05, 4.69) is 5.32 Å². The maximum absolute atomic E-state index is 11.9. The molecule has 7 nitrogen and oxygen atoms in total. The van der Waals surface area contributed by atoms with Crippen LogP contribution in [0.4, 0.5) is 24.5 Å². The van der Waals surface area contributed by atoms with Crippen LogP contribution < -0.4 is 15.4 Å². The number of halogens is 3. The summed E-state index contributed by atoms with van der Waals surface area (Å²) in [5.74, 6) is -0.609. The first-order valence-corrected chi connectivity index (χ1v) is 5.62. The number of nitro groups is 1. The van der Waals surface area contributed by atoms with Gasteiger partial charge in [-0.25, -0.2) is 0 Å². The Hall–Kier alpha value is -2.36. The second-order valence-electron chi connectivity index (χ2n) is 3.91. The summed E-state index contributed by atoms with van der Waals surface area (Å²) in [5.41, 5.74) is -0.543. The molecule has 1 aromatic rings. The van der Waals surface area contributed by atoms with Gasteiger partial charge in [-0.05, 0) is 12.1 Å². The summed E-state index contributed by atoms with van der Waals surface area (Å²) in [7, 11) is 1.32. The normalized spacial score (nSPS) is 11.0. The molecule has 0 aliphatic rings. The molecular formula is C11H12F3N3O4. The van der Waals surface area contributed by atoms with Crippen molar-refractivity contribution in [1.29, 1.82) is 0 Å². The molecule has 0 saturated carbocycles. The van der Waals surface area contributed by atoms with E-state index >= 15 is 0 Å². The van der Waals surface area contributed by atoms with Crippen LogP contribution in [0.25, 0.3) is 0 Å². The average Bonchev–Trinajstić information content (AvgIpc) is 2.37. The number of alkyl halides is 3. The van der Waals surface area contributed by atoms with Crippen molar-refractivity contribution in [3.8, 4) is 5.75 Å². The minimum atomic E-state index is -4.44. The molecule has 1 amide bonds. The maximum Gasteiger partial charge on any atom is 0.401 e. The molecule has 116 valence electrons. The number of carbonyl (C=O) groups is 1. The molecule has 0 spiro atoms. The summed E-state index contributed by atoms with van der Waals surface area (Å²) in [6, 6.07) is 3.71. The zero-order chi connectivity index (χ0) is 16.0. The third-order valence-electron chi connectivity index (χ3n) is 2.29. The number of carbonyl (C=O) groups excluding carboxylic acids is 1. The van der Waals surface area contributed by atoms with Gasteiger partial charge in [0.05, 0.1) is 31.2 Å². The minimum Gasteiger partial charge on any atom is -0.496 e. The molecule has 0 unspecified atom stereocenters. The van der Waals surface area contributed by atoms with Crippen molar-refractivity contribution in [3.05, 3.63) is 28.3 Å². The number of methoxy groups -OCH3 is 1. The number of amides is 1. The van der Waals surface area contributed by atoms with E-state index in [9.17, 15) is 28.1 Å². The number of nitrogens with zero attached hydrogens (tertiary/aromatic N) is 1. The highest BCUT2D eigenvalue weighted by molar-refractivity contribution is 5.94. The number of nitrogens with one attached hydrogen (secondary N) is 2. The van der Waals surface area contributed by atoms with Gasteiger partial charge in [0.25, 0.3) is 5.69 Å². The Labute approximate surface area is 117 Å². The number of anilines is 1. The smallest absolute Gasteiger partial charge is 0.401 e. The molecule has 1 rings (SSSR count). The van der Waals surface area contributed by atoms with Crippen LogP contribution in [-0.4, -0.2) is 37.2 Å². The van der Waals surface area contributed by atoms with Crippen LogP contribution in [0.5, 0.6) is 5.75 Å². The number of hydrogen-bond donors (Lipinski definition) is 2. The van der Waals surface area contributed by atoms with Crippen molar-refractivity contribution in [3.63, 3.8) is 0 Å². The number of benzene rings is 1. The fourth-order valence-corrected chi connectivity index (χ4v) is 1.41. The van der Waals surface area contributed by atoms with Crippen molar-refractivity contribution < 1.29 is 27.6 Å². The summed E-state index contributed by atoms with van der Waals surface area (Å²) in [5, 5.41) is 14.9. The molecule has 0 atom stereocenters. The maximum atomic E-state index is 11.9. The zero-order valence-electron chi connectivity index (χ0n) is 10.9. The van der Waals surface area contributed by atoms with E-state index in [-0.39, 0.29) is 11.4 Å². The van der Waals surface area contributed by atoms with Gasteiger partial charge in [-0.15, -0.1) is 0 Å². The van der Waals surface area contributed by atoms with Crippen molar-refractivity contribution in [2.45, 2.75) is 6.18 Å². The molecule has 10 heteroatoms. The van der Waals surface area contributed by atoms with Crippen molar-refractivity contribution in [1.82, 2.24) is 5.32 Å². The van der Waals surface area contributed by atoms with Gasteiger partial charge in [-0.1, -0.05) is 0 Å². The van der Waals surface area contributed by atoms with Gasteiger partial charge in [0.1, 0.15) is 11.4 Å². The molecule has 0 bridgehead atoms. The summed E-state index contributed by atoms with van der Waals surface area (Å²) in [6.07, 6.45) is -4.44. The lowest BCUT2D eigenvalue weighted by Gasteiger charge is -2.09. The van der Waals surface area contributed by atoms with Crippen LogP contribution in [0, 0.1) is 10.1 Å². The second-order valence-corrected chi connectivity index (χ2v) is 3.91. The highest BCUT2D eigenvalue weighted by atomic mass is 19.4. The lowest BCUT2D eigenvalue weighted by atomic mass is 10.2. The van der Waals surface area contributed by atoms with E-state index in [1.165, 1.54) is 19.2 Å². The average molecular weight is 307 g/mol. The monoisotopic (exact) mass is 307 g/mol. The van der Waals surface area contributed by atoms with Gasteiger partial charge < -0.3 is 15.4 Å². The third kappa shape index (κ3) is 5.65. The fraction of sp³-hybridized carbons (Fsp3) is 0.364. The quantitative estimate of drug-likeness (QED) is 0.616. The molecule has 0 saturated heterocycles. The Morgan fingerprint density at radius 1 is 1.43 bits per heavy atom. The predicted molar refractivity (Wildman–Crippen MR) is 67.2 cm³/mol. The summed E-state index contributed by atoms with van der Waals surface area (Å²) in [4.78, 5) is 21.5. The van der Waals surface area contributed by atoms with Crippen LogP contribution in [-0.2, 0) is 4.79 Å². The molecule has 21 heavy (non-hydrogen) atoms. The Balaban J connectivity index is 2.69. The lowest BCUT2D eigenvalue weighted by molar-refractivity contribution is -0.384. The number of nitro benzene ring substituents is 1. The topological polar surface area (TPSA) is 93.5 Å². The first kappa shape index (κ1) is 16.7. The van der Waals surface area contributed by atoms with E-state index in [1.807, 2.05) is 5.32 Å². The lowest BCUT2D eigenvalue weighted by Crippen LogP contribution is -2.35. The van der Waals surface area contributed by atoms with Crippen molar-refractivity contribution in [2.75, 3.05) is 25.5 Å². The summed E-state index contributed by atoms with van der Waals surface area (Å²) < 4.78 is 40.5. The van der Waals surface area contributed by atoms with Gasteiger partial charge in [0.2, 0.25) is 5.91 Å². The molecule has 1 aromatic carbocycles. The van der Waals surface area contributed by atoms with Gasteiger partial charge in [-0.2, -0.15) is 13.2 Å². The van der Waals surface area contributed by atoms with Gasteiger partial charge in [0, 0.05) is 0 Å². The standard InChI is InChI=1S/C11H12F3N3O4/c1-21-7-2-3-8(9(4-7)17(19)20)16-10(18)5-15-6-11(12,13)14/h2-4,15H,5-6H2,1H3,(H,16,18). The van der Waals surface area contributed by atoms with Gasteiger partial charge >= 0.3 is 6.18 Å². The molecule has 0 radical (unpaired) electrons. The largest absolute Gasteiger partial charge is 0.496 e. The SMILES string of the molecule is COc1ccc(NC(=O)CNCC(F)(F)F)c([N+](=O)[O-])c1. The molecule has 0 aliphatic carbocycles. The Kier molecular flexibility index (Phi) is 5.47. The number of rotatable bonds is 6. The van der Waals surface area contributed by atoms with Crippen LogP contribution in [0.3, 0.4) is 0 Å².